The Morgan fingerprint density at radius 2 is 2.00 bits per heavy atom. The zero-order valence-corrected chi connectivity index (χ0v) is 11.4. The number of aromatic nitrogens is 2. The topological polar surface area (TPSA) is 64.4 Å². The predicted octanol–water partition coefficient (Wildman–Crippen LogP) is 2.50. The summed E-state index contributed by atoms with van der Waals surface area (Å²) >= 11 is 0. The van der Waals surface area contributed by atoms with Crippen molar-refractivity contribution in [2.75, 3.05) is 7.11 Å². The number of carboxylic acids is 1. The Morgan fingerprint density at radius 3 is 2.53 bits per heavy atom. The molecule has 0 saturated carbocycles. The first-order valence-electron chi connectivity index (χ1n) is 5.90. The molecule has 0 radical (unpaired) electrons. The van der Waals surface area contributed by atoms with Crippen LogP contribution in [-0.2, 0) is 0 Å². The molecule has 0 aliphatic carbocycles. The second-order valence-corrected chi connectivity index (χ2v) is 4.37. The third-order valence-electron chi connectivity index (χ3n) is 3.19. The van der Waals surface area contributed by atoms with Crippen LogP contribution < -0.4 is 4.74 Å². The molecular formula is C14H16N2O3. The highest BCUT2D eigenvalue weighted by molar-refractivity contribution is 5.90. The van der Waals surface area contributed by atoms with E-state index in [0.29, 0.717) is 5.56 Å². The Labute approximate surface area is 111 Å². The van der Waals surface area contributed by atoms with Crippen molar-refractivity contribution in [3.8, 4) is 11.4 Å². The van der Waals surface area contributed by atoms with Gasteiger partial charge in [0.05, 0.1) is 24.1 Å². The van der Waals surface area contributed by atoms with E-state index in [2.05, 4.69) is 5.10 Å². The molecule has 5 heteroatoms. The molecule has 0 spiro atoms. The van der Waals surface area contributed by atoms with Gasteiger partial charge in [0.15, 0.2) is 5.75 Å². The van der Waals surface area contributed by atoms with Crippen LogP contribution in [0.5, 0.6) is 5.75 Å². The Hall–Kier alpha value is -2.30. The summed E-state index contributed by atoms with van der Waals surface area (Å²) in [5, 5.41) is 13.6. The quantitative estimate of drug-likeness (QED) is 0.920. The van der Waals surface area contributed by atoms with Crippen LogP contribution in [0.15, 0.2) is 18.2 Å². The van der Waals surface area contributed by atoms with Gasteiger partial charge in [-0.3, -0.25) is 0 Å². The Kier molecular flexibility index (Phi) is 3.29. The fraction of sp³-hybridized carbons (Fsp3) is 0.286. The van der Waals surface area contributed by atoms with Gasteiger partial charge < -0.3 is 9.84 Å². The fourth-order valence-electron chi connectivity index (χ4n) is 2.24. The van der Waals surface area contributed by atoms with Gasteiger partial charge in [-0.1, -0.05) is 6.07 Å². The Balaban J connectivity index is 2.66. The summed E-state index contributed by atoms with van der Waals surface area (Å²) in [7, 11) is 1.60. The van der Waals surface area contributed by atoms with E-state index in [4.69, 9.17) is 9.84 Å². The predicted molar refractivity (Wildman–Crippen MR) is 71.3 cm³/mol. The summed E-state index contributed by atoms with van der Waals surface area (Å²) in [6.07, 6.45) is 0. The fourth-order valence-corrected chi connectivity index (χ4v) is 2.24. The summed E-state index contributed by atoms with van der Waals surface area (Å²) in [6, 6.07) is 5.15. The van der Waals surface area contributed by atoms with Crippen molar-refractivity contribution in [3.05, 3.63) is 40.7 Å². The maximum atomic E-state index is 11.2. The van der Waals surface area contributed by atoms with Gasteiger partial charge in [-0.15, -0.1) is 0 Å². The molecule has 5 nitrogen and oxygen atoms in total. The molecule has 0 aliphatic rings. The van der Waals surface area contributed by atoms with Crippen molar-refractivity contribution < 1.29 is 14.6 Å². The molecule has 2 rings (SSSR count). The van der Waals surface area contributed by atoms with Crippen LogP contribution in [0.4, 0.5) is 0 Å². The van der Waals surface area contributed by atoms with Crippen LogP contribution in [-0.4, -0.2) is 28.0 Å². The van der Waals surface area contributed by atoms with Gasteiger partial charge in [-0.2, -0.15) is 5.10 Å². The monoisotopic (exact) mass is 260 g/mol. The minimum atomic E-state index is -0.937. The van der Waals surface area contributed by atoms with Gasteiger partial charge in [-0.05, 0) is 38.5 Å². The summed E-state index contributed by atoms with van der Waals surface area (Å²) in [5.74, 6) is -0.215. The van der Waals surface area contributed by atoms with E-state index in [-0.39, 0.29) is 5.56 Å². The molecule has 1 aromatic carbocycles. The van der Waals surface area contributed by atoms with E-state index in [1.54, 1.807) is 30.8 Å². The lowest BCUT2D eigenvalue weighted by Crippen LogP contribution is -2.07. The number of carbonyl (C=O) groups is 1. The number of carboxylic acid groups (broad SMARTS) is 1. The normalized spacial score (nSPS) is 10.5. The van der Waals surface area contributed by atoms with Gasteiger partial charge in [0.2, 0.25) is 0 Å². The zero-order valence-electron chi connectivity index (χ0n) is 11.4. The molecule has 0 amide bonds. The van der Waals surface area contributed by atoms with E-state index in [1.807, 2.05) is 19.9 Å². The minimum absolute atomic E-state index is 0.281. The van der Waals surface area contributed by atoms with Crippen LogP contribution in [0.25, 0.3) is 5.69 Å². The number of ether oxygens (including phenoxy) is 1. The van der Waals surface area contributed by atoms with Crippen LogP contribution in [0.2, 0.25) is 0 Å². The van der Waals surface area contributed by atoms with Crippen molar-refractivity contribution in [1.29, 1.82) is 0 Å². The molecule has 0 bridgehead atoms. The Morgan fingerprint density at radius 1 is 1.32 bits per heavy atom. The largest absolute Gasteiger partial charge is 0.493 e. The third-order valence-corrected chi connectivity index (χ3v) is 3.19. The van der Waals surface area contributed by atoms with Gasteiger partial charge in [0.1, 0.15) is 5.69 Å². The lowest BCUT2D eigenvalue weighted by Gasteiger charge is -2.10. The van der Waals surface area contributed by atoms with E-state index in [9.17, 15) is 4.79 Å². The molecular weight excluding hydrogens is 244 g/mol. The summed E-state index contributed by atoms with van der Waals surface area (Å²) in [6.45, 7) is 5.53. The van der Waals surface area contributed by atoms with Crippen LogP contribution in [0.1, 0.15) is 27.3 Å². The average Bonchev–Trinajstić information content (AvgIpc) is 2.64. The molecule has 0 saturated heterocycles. The molecule has 100 valence electrons. The molecule has 0 fully saturated rings. The number of methoxy groups -OCH3 is 1. The SMILES string of the molecule is COc1c(C)nn(-c2cccc(C(=O)O)c2C)c1C. The first-order valence-corrected chi connectivity index (χ1v) is 5.90. The first kappa shape index (κ1) is 13.1. The van der Waals surface area contributed by atoms with Crippen LogP contribution in [0, 0.1) is 20.8 Å². The van der Waals surface area contributed by atoms with Gasteiger partial charge in [0, 0.05) is 0 Å². The summed E-state index contributed by atoms with van der Waals surface area (Å²) in [5.41, 5.74) is 3.35. The molecule has 19 heavy (non-hydrogen) atoms. The maximum Gasteiger partial charge on any atom is 0.336 e. The van der Waals surface area contributed by atoms with Gasteiger partial charge in [-0.25, -0.2) is 9.48 Å². The summed E-state index contributed by atoms with van der Waals surface area (Å²) in [4.78, 5) is 11.2. The highest BCUT2D eigenvalue weighted by atomic mass is 16.5. The molecule has 0 unspecified atom stereocenters. The standard InChI is InChI=1S/C14H16N2O3/c1-8-11(14(17)18)6-5-7-12(8)16-10(3)13(19-4)9(2)15-16/h5-7H,1-4H3,(H,17,18). The number of aromatic carboxylic acids is 1. The highest BCUT2D eigenvalue weighted by Crippen LogP contribution is 2.27. The highest BCUT2D eigenvalue weighted by Gasteiger charge is 2.17. The summed E-state index contributed by atoms with van der Waals surface area (Å²) < 4.78 is 7.01. The number of rotatable bonds is 3. The van der Waals surface area contributed by atoms with Crippen molar-refractivity contribution in [2.24, 2.45) is 0 Å². The number of hydrogen-bond donors (Lipinski definition) is 1. The number of hydrogen-bond acceptors (Lipinski definition) is 3. The first-order chi connectivity index (χ1) is 8.97. The molecule has 2 aromatic rings. The van der Waals surface area contributed by atoms with Crippen molar-refractivity contribution >= 4 is 5.97 Å². The third kappa shape index (κ3) is 2.07. The lowest BCUT2D eigenvalue weighted by molar-refractivity contribution is 0.0696. The molecule has 1 N–H and O–H groups in total. The maximum absolute atomic E-state index is 11.2. The van der Waals surface area contributed by atoms with Crippen molar-refractivity contribution in [1.82, 2.24) is 9.78 Å². The van der Waals surface area contributed by atoms with Gasteiger partial charge in [0.25, 0.3) is 0 Å². The molecule has 0 aliphatic heterocycles. The zero-order chi connectivity index (χ0) is 14.2. The molecule has 0 atom stereocenters. The second-order valence-electron chi connectivity index (χ2n) is 4.37. The number of benzene rings is 1. The number of aryl methyl sites for hydroxylation is 1. The molecule has 1 aromatic heterocycles. The van der Waals surface area contributed by atoms with Crippen molar-refractivity contribution in [3.63, 3.8) is 0 Å². The number of nitrogens with zero attached hydrogens (tertiary/aromatic N) is 2. The second kappa shape index (κ2) is 4.76. The van der Waals surface area contributed by atoms with E-state index >= 15 is 0 Å². The van der Waals surface area contributed by atoms with Crippen LogP contribution in [0.3, 0.4) is 0 Å². The van der Waals surface area contributed by atoms with E-state index in [1.165, 1.54) is 0 Å². The minimum Gasteiger partial charge on any atom is -0.493 e. The Bertz CT molecular complexity index is 644. The van der Waals surface area contributed by atoms with E-state index in [0.717, 1.165) is 22.8 Å². The lowest BCUT2D eigenvalue weighted by atomic mass is 10.1. The molecule has 1 heterocycles. The van der Waals surface area contributed by atoms with Crippen molar-refractivity contribution in [2.45, 2.75) is 20.8 Å². The average molecular weight is 260 g/mol. The van der Waals surface area contributed by atoms with Gasteiger partial charge >= 0.3 is 5.97 Å². The van der Waals surface area contributed by atoms with E-state index < -0.39 is 5.97 Å². The smallest absolute Gasteiger partial charge is 0.336 e. The van der Waals surface area contributed by atoms with Crippen LogP contribution >= 0.6 is 0 Å².